The number of hydrogen-bond acceptors (Lipinski definition) is 5. The molecule has 0 radical (unpaired) electrons. The van der Waals surface area contributed by atoms with Crippen molar-refractivity contribution in [2.45, 2.75) is 44.7 Å². The highest BCUT2D eigenvalue weighted by Crippen LogP contribution is 2.34. The molecule has 0 saturated carbocycles. The molecule has 6 nitrogen and oxygen atoms in total. The maximum Gasteiger partial charge on any atom is 0.276 e. The van der Waals surface area contributed by atoms with Crippen LogP contribution in [0.3, 0.4) is 0 Å². The van der Waals surface area contributed by atoms with Gasteiger partial charge in [0.25, 0.3) is 5.91 Å². The van der Waals surface area contributed by atoms with Crippen LogP contribution in [0.5, 0.6) is 0 Å². The molecule has 4 heterocycles. The zero-order valence-corrected chi connectivity index (χ0v) is 14.8. The van der Waals surface area contributed by atoms with Crippen LogP contribution in [0.2, 0.25) is 0 Å². The topological polar surface area (TPSA) is 63.1 Å². The van der Waals surface area contributed by atoms with E-state index in [1.165, 1.54) is 5.56 Å². The molecule has 2 fully saturated rings. The molecule has 2 aromatic rings. The first-order valence-corrected chi connectivity index (χ1v) is 9.65. The average molecular weight is 345 g/mol. The molecule has 2 saturated heterocycles. The molecule has 0 bridgehead atoms. The molecule has 0 spiro atoms. The van der Waals surface area contributed by atoms with E-state index in [1.807, 2.05) is 16.5 Å². The third-order valence-electron chi connectivity index (χ3n) is 5.23. The van der Waals surface area contributed by atoms with Crippen LogP contribution >= 0.6 is 11.3 Å². The van der Waals surface area contributed by atoms with E-state index < -0.39 is 0 Å². The fourth-order valence-corrected chi connectivity index (χ4v) is 4.60. The molecular formula is C17H23N5OS. The normalized spacial score (nSPS) is 22.2. The van der Waals surface area contributed by atoms with Crippen LogP contribution in [-0.2, 0) is 0 Å². The lowest BCUT2D eigenvalue weighted by molar-refractivity contribution is 0.0729. The molecule has 2 aliphatic rings. The smallest absolute Gasteiger partial charge is 0.276 e. The Hall–Kier alpha value is -1.73. The van der Waals surface area contributed by atoms with E-state index in [0.29, 0.717) is 11.7 Å². The van der Waals surface area contributed by atoms with Gasteiger partial charge < -0.3 is 10.2 Å². The molecule has 0 aliphatic carbocycles. The number of nitrogens with zero attached hydrogens (tertiary/aromatic N) is 4. The molecule has 1 atom stereocenters. The Kier molecular flexibility index (Phi) is 4.37. The van der Waals surface area contributed by atoms with E-state index in [2.05, 4.69) is 32.5 Å². The molecule has 1 amide bonds. The Balaban J connectivity index is 1.57. The third-order valence-corrected chi connectivity index (χ3v) is 5.93. The zero-order chi connectivity index (χ0) is 16.5. The molecule has 2 aromatic heterocycles. The number of carbonyl (C=O) groups excluding carboxylic acids is 1. The molecule has 1 N–H and O–H groups in total. The lowest BCUT2D eigenvalue weighted by atomic mass is 10.1. The van der Waals surface area contributed by atoms with Gasteiger partial charge in [0.05, 0.1) is 17.8 Å². The van der Waals surface area contributed by atoms with Crippen LogP contribution < -0.4 is 5.32 Å². The van der Waals surface area contributed by atoms with Gasteiger partial charge in [-0.05, 0) is 68.1 Å². The monoisotopic (exact) mass is 345 g/mol. The zero-order valence-electron chi connectivity index (χ0n) is 13.9. The Morgan fingerprint density at radius 2 is 2.17 bits per heavy atom. The molecule has 0 unspecified atom stereocenters. The van der Waals surface area contributed by atoms with E-state index in [4.69, 9.17) is 0 Å². The van der Waals surface area contributed by atoms with Gasteiger partial charge >= 0.3 is 0 Å². The van der Waals surface area contributed by atoms with Crippen molar-refractivity contribution in [3.8, 4) is 0 Å². The van der Waals surface area contributed by atoms with Crippen LogP contribution in [-0.4, -0.2) is 45.4 Å². The quantitative estimate of drug-likeness (QED) is 0.929. The lowest BCUT2D eigenvalue weighted by Crippen LogP contribution is -2.32. The van der Waals surface area contributed by atoms with Crippen LogP contribution in [0.15, 0.2) is 16.8 Å². The largest absolute Gasteiger partial charge is 0.330 e. The molecule has 0 aromatic carbocycles. The van der Waals surface area contributed by atoms with Crippen molar-refractivity contribution in [3.63, 3.8) is 0 Å². The van der Waals surface area contributed by atoms with Crippen molar-refractivity contribution < 1.29 is 4.79 Å². The molecule has 24 heavy (non-hydrogen) atoms. The fraction of sp³-hybridized carbons (Fsp3) is 0.588. The minimum Gasteiger partial charge on any atom is -0.330 e. The number of nitrogens with one attached hydrogen (secondary N) is 1. The van der Waals surface area contributed by atoms with Crippen molar-refractivity contribution in [3.05, 3.63) is 33.8 Å². The number of rotatable bonds is 3. The minimum atomic E-state index is 0.0291. The summed E-state index contributed by atoms with van der Waals surface area (Å²) in [4.78, 5) is 15.0. The van der Waals surface area contributed by atoms with Crippen molar-refractivity contribution in [2.75, 3.05) is 19.6 Å². The van der Waals surface area contributed by atoms with Gasteiger partial charge in [-0.1, -0.05) is 5.21 Å². The minimum absolute atomic E-state index is 0.0291. The summed E-state index contributed by atoms with van der Waals surface area (Å²) in [6.07, 6.45) is 4.16. The molecule has 7 heteroatoms. The summed E-state index contributed by atoms with van der Waals surface area (Å²) >= 11 is 1.69. The predicted octanol–water partition coefficient (Wildman–Crippen LogP) is 2.55. The van der Waals surface area contributed by atoms with Gasteiger partial charge in [-0.25, -0.2) is 4.68 Å². The number of amides is 1. The van der Waals surface area contributed by atoms with Crippen molar-refractivity contribution in [1.29, 1.82) is 0 Å². The van der Waals surface area contributed by atoms with Gasteiger partial charge in [-0.2, -0.15) is 11.3 Å². The van der Waals surface area contributed by atoms with Crippen LogP contribution in [0.1, 0.15) is 59.5 Å². The fourth-order valence-electron chi connectivity index (χ4n) is 3.89. The van der Waals surface area contributed by atoms with Crippen LogP contribution in [0.4, 0.5) is 0 Å². The maximum absolute atomic E-state index is 13.1. The average Bonchev–Trinajstić information content (AvgIpc) is 3.35. The summed E-state index contributed by atoms with van der Waals surface area (Å²) < 4.78 is 1.96. The number of hydrogen-bond donors (Lipinski definition) is 1. The third kappa shape index (κ3) is 2.75. The molecular weight excluding hydrogens is 322 g/mol. The summed E-state index contributed by atoms with van der Waals surface area (Å²) in [5.74, 6) is 0.0291. The standard InChI is InChI=1S/C17H23N5OS/c1-12-16(19-20-22(12)14-4-7-18-8-5-14)17(23)21-9-2-3-15(21)13-6-10-24-11-13/h6,10-11,14-15,18H,2-5,7-9H2,1H3/t15-/m0/s1. The predicted molar refractivity (Wildman–Crippen MR) is 93.2 cm³/mol. The van der Waals surface area contributed by atoms with Gasteiger partial charge in [0, 0.05) is 6.54 Å². The first-order chi connectivity index (χ1) is 11.8. The van der Waals surface area contributed by atoms with E-state index >= 15 is 0 Å². The van der Waals surface area contributed by atoms with E-state index in [0.717, 1.165) is 51.0 Å². The van der Waals surface area contributed by atoms with Gasteiger partial charge in [-0.3, -0.25) is 4.79 Å². The highest BCUT2D eigenvalue weighted by Gasteiger charge is 2.34. The van der Waals surface area contributed by atoms with E-state index in [9.17, 15) is 4.79 Å². The molecule has 128 valence electrons. The highest BCUT2D eigenvalue weighted by atomic mass is 32.1. The number of carbonyl (C=O) groups is 1. The first-order valence-electron chi connectivity index (χ1n) is 8.71. The lowest BCUT2D eigenvalue weighted by Gasteiger charge is -2.25. The van der Waals surface area contributed by atoms with Crippen molar-refractivity contribution >= 4 is 17.2 Å². The Morgan fingerprint density at radius 1 is 1.33 bits per heavy atom. The second-order valence-electron chi connectivity index (χ2n) is 6.66. The number of piperidine rings is 1. The number of thiophene rings is 1. The van der Waals surface area contributed by atoms with Gasteiger partial charge in [0.2, 0.25) is 0 Å². The van der Waals surface area contributed by atoms with Crippen LogP contribution in [0.25, 0.3) is 0 Å². The van der Waals surface area contributed by atoms with Crippen LogP contribution in [0, 0.1) is 6.92 Å². The number of aromatic nitrogens is 3. The van der Waals surface area contributed by atoms with Gasteiger partial charge in [0.15, 0.2) is 5.69 Å². The van der Waals surface area contributed by atoms with Gasteiger partial charge in [-0.15, -0.1) is 5.10 Å². The second kappa shape index (κ2) is 6.64. The summed E-state index contributed by atoms with van der Waals surface area (Å²) in [5.41, 5.74) is 2.67. The summed E-state index contributed by atoms with van der Waals surface area (Å²) in [7, 11) is 0. The van der Waals surface area contributed by atoms with E-state index in [-0.39, 0.29) is 11.9 Å². The Bertz CT molecular complexity index is 705. The Labute approximate surface area is 145 Å². The van der Waals surface area contributed by atoms with Crippen molar-refractivity contribution in [2.24, 2.45) is 0 Å². The van der Waals surface area contributed by atoms with Gasteiger partial charge in [0.1, 0.15) is 0 Å². The second-order valence-corrected chi connectivity index (χ2v) is 7.44. The number of likely N-dealkylation sites (tertiary alicyclic amines) is 1. The summed E-state index contributed by atoms with van der Waals surface area (Å²) in [6, 6.07) is 2.67. The van der Waals surface area contributed by atoms with E-state index in [1.54, 1.807) is 11.3 Å². The molecule has 2 aliphatic heterocycles. The first kappa shape index (κ1) is 15.8. The van der Waals surface area contributed by atoms with Crippen molar-refractivity contribution in [1.82, 2.24) is 25.2 Å². The molecule has 4 rings (SSSR count). The summed E-state index contributed by atoms with van der Waals surface area (Å²) in [6.45, 7) is 4.78. The maximum atomic E-state index is 13.1. The Morgan fingerprint density at radius 3 is 2.92 bits per heavy atom. The highest BCUT2D eigenvalue weighted by molar-refractivity contribution is 7.07. The SMILES string of the molecule is Cc1c(C(=O)N2CCC[C@H]2c2ccsc2)nnn1C1CCNCC1. The summed E-state index contributed by atoms with van der Waals surface area (Å²) in [5, 5.41) is 16.2.